The van der Waals surface area contributed by atoms with Gasteiger partial charge in [-0.2, -0.15) is 0 Å². The van der Waals surface area contributed by atoms with E-state index in [4.69, 9.17) is 4.74 Å². The third-order valence-corrected chi connectivity index (χ3v) is 8.35. The van der Waals surface area contributed by atoms with Crippen molar-refractivity contribution >= 4 is 0 Å². The molecule has 2 aliphatic rings. The Morgan fingerprint density at radius 1 is 0.750 bits per heavy atom. The van der Waals surface area contributed by atoms with E-state index in [1.807, 2.05) is 6.07 Å². The van der Waals surface area contributed by atoms with Crippen molar-refractivity contribution in [3.8, 4) is 16.9 Å². The first kappa shape index (κ1) is 24.9. The molecular weight excluding hydrogens is 464 g/mol. The highest BCUT2D eigenvalue weighted by Gasteiger charge is 2.36. The highest BCUT2D eigenvalue weighted by atomic mass is 19.1. The van der Waals surface area contributed by atoms with E-state index in [-0.39, 0.29) is 18.1 Å². The highest BCUT2D eigenvalue weighted by Crippen LogP contribution is 2.48. The lowest BCUT2D eigenvalue weighted by Gasteiger charge is -2.42. The standard InChI is InChI=1S/C31H32F4O/c1-2-19-8-9-22-13-23(11-10-21(22)12-19)24-14-26(32)30(27(33)15-24)25-16-28(34)31(29(35)17-25)36-18-20-6-4-3-5-7-20/h3-7,14-17,19,21-23H,2,8-13,18H2,1H3. The van der Waals surface area contributed by atoms with Crippen molar-refractivity contribution in [3.05, 3.63) is 89.0 Å². The summed E-state index contributed by atoms with van der Waals surface area (Å²) in [5.41, 5.74) is 0.803. The second-order valence-electron chi connectivity index (χ2n) is 10.5. The van der Waals surface area contributed by atoms with Crippen molar-refractivity contribution in [1.82, 2.24) is 0 Å². The first-order valence-electron chi connectivity index (χ1n) is 13.1. The maximum atomic E-state index is 15.2. The number of halogens is 4. The molecule has 3 aromatic rings. The van der Waals surface area contributed by atoms with E-state index in [1.165, 1.54) is 37.8 Å². The van der Waals surface area contributed by atoms with Gasteiger partial charge in [0, 0.05) is 0 Å². The van der Waals surface area contributed by atoms with Gasteiger partial charge >= 0.3 is 0 Å². The molecule has 0 aliphatic heterocycles. The summed E-state index contributed by atoms with van der Waals surface area (Å²) < 4.78 is 65.2. The maximum Gasteiger partial charge on any atom is 0.191 e. The number of ether oxygens (including phenoxy) is 1. The normalized spacial score (nSPS) is 23.8. The lowest BCUT2D eigenvalue weighted by molar-refractivity contribution is 0.116. The van der Waals surface area contributed by atoms with E-state index in [9.17, 15) is 8.78 Å². The molecular formula is C31H32F4O. The minimum Gasteiger partial charge on any atom is -0.483 e. The molecule has 0 N–H and O–H groups in total. The molecule has 1 nitrogen and oxygen atoms in total. The zero-order chi connectivity index (χ0) is 25.2. The van der Waals surface area contributed by atoms with Crippen molar-refractivity contribution in [2.75, 3.05) is 0 Å². The second kappa shape index (κ2) is 10.7. The highest BCUT2D eigenvalue weighted by molar-refractivity contribution is 5.66. The fourth-order valence-corrected chi connectivity index (χ4v) is 6.34. The summed E-state index contributed by atoms with van der Waals surface area (Å²) in [5, 5.41) is 0. The van der Waals surface area contributed by atoms with Crippen molar-refractivity contribution < 1.29 is 22.3 Å². The van der Waals surface area contributed by atoms with Crippen LogP contribution in [-0.2, 0) is 6.61 Å². The van der Waals surface area contributed by atoms with Gasteiger partial charge in [0.2, 0.25) is 0 Å². The van der Waals surface area contributed by atoms with Gasteiger partial charge in [0.15, 0.2) is 17.4 Å². The van der Waals surface area contributed by atoms with Crippen LogP contribution in [0.4, 0.5) is 17.6 Å². The predicted octanol–water partition coefficient (Wildman–Crippen LogP) is 9.20. The molecule has 0 heterocycles. The first-order valence-corrected chi connectivity index (χ1v) is 13.1. The van der Waals surface area contributed by atoms with E-state index < -0.39 is 34.6 Å². The van der Waals surface area contributed by atoms with Gasteiger partial charge in [-0.3, -0.25) is 0 Å². The van der Waals surface area contributed by atoms with Gasteiger partial charge in [-0.1, -0.05) is 50.1 Å². The summed E-state index contributed by atoms with van der Waals surface area (Å²) in [7, 11) is 0. The number of rotatable bonds is 6. The van der Waals surface area contributed by atoms with Crippen LogP contribution in [0.5, 0.6) is 5.75 Å². The summed E-state index contributed by atoms with van der Waals surface area (Å²) in [6, 6.07) is 13.6. The predicted molar refractivity (Wildman–Crippen MR) is 134 cm³/mol. The molecule has 0 amide bonds. The lowest BCUT2D eigenvalue weighted by atomic mass is 9.63. The molecule has 4 atom stereocenters. The van der Waals surface area contributed by atoms with Crippen LogP contribution in [0.1, 0.15) is 68.9 Å². The van der Waals surface area contributed by atoms with Gasteiger partial charge in [-0.05, 0) is 96.7 Å². The van der Waals surface area contributed by atoms with Gasteiger partial charge < -0.3 is 4.74 Å². The molecule has 5 heteroatoms. The number of benzene rings is 3. The summed E-state index contributed by atoms with van der Waals surface area (Å²) in [6.07, 6.45) is 7.91. The molecule has 0 spiro atoms. The van der Waals surface area contributed by atoms with Gasteiger partial charge in [0.1, 0.15) is 18.2 Å². The van der Waals surface area contributed by atoms with Crippen molar-refractivity contribution in [1.29, 1.82) is 0 Å². The molecule has 0 saturated heterocycles. The van der Waals surface area contributed by atoms with Gasteiger partial charge in [-0.15, -0.1) is 0 Å². The van der Waals surface area contributed by atoms with E-state index in [2.05, 4.69) is 6.92 Å². The third-order valence-electron chi connectivity index (χ3n) is 8.35. The smallest absolute Gasteiger partial charge is 0.191 e. The SMILES string of the molecule is CCC1CCC2CC(c3cc(F)c(-c4cc(F)c(OCc5ccccc5)c(F)c4)c(F)c3)CCC2C1. The zero-order valence-corrected chi connectivity index (χ0v) is 20.6. The first-order chi connectivity index (χ1) is 17.4. The zero-order valence-electron chi connectivity index (χ0n) is 20.6. The molecule has 0 bridgehead atoms. The van der Waals surface area contributed by atoms with Gasteiger partial charge in [-0.25, -0.2) is 17.6 Å². The van der Waals surface area contributed by atoms with Crippen LogP contribution in [0.25, 0.3) is 11.1 Å². The summed E-state index contributed by atoms with van der Waals surface area (Å²) >= 11 is 0. The molecule has 36 heavy (non-hydrogen) atoms. The molecule has 2 aliphatic carbocycles. The lowest BCUT2D eigenvalue weighted by Crippen LogP contribution is -2.30. The molecule has 190 valence electrons. The molecule has 0 radical (unpaired) electrons. The van der Waals surface area contributed by atoms with Gasteiger partial charge in [0.25, 0.3) is 0 Å². The summed E-state index contributed by atoms with van der Waals surface area (Å²) in [4.78, 5) is 0. The molecule has 3 aromatic carbocycles. The van der Waals surface area contributed by atoms with Crippen molar-refractivity contribution in [2.45, 2.75) is 64.4 Å². The topological polar surface area (TPSA) is 9.23 Å². The Morgan fingerprint density at radius 2 is 1.39 bits per heavy atom. The quantitative estimate of drug-likeness (QED) is 0.309. The molecule has 2 saturated carbocycles. The Hall–Kier alpha value is -2.82. The van der Waals surface area contributed by atoms with Crippen LogP contribution in [0, 0.1) is 41.0 Å². The Bertz CT molecular complexity index is 1160. The van der Waals surface area contributed by atoms with Crippen LogP contribution < -0.4 is 4.74 Å². The fraction of sp³-hybridized carbons (Fsp3) is 0.419. The molecule has 5 rings (SSSR count). The number of fused-ring (bicyclic) bond motifs is 1. The van der Waals surface area contributed by atoms with E-state index in [1.54, 1.807) is 24.3 Å². The second-order valence-corrected chi connectivity index (χ2v) is 10.5. The minimum absolute atomic E-state index is 0.0201. The minimum atomic E-state index is -0.996. The van der Waals surface area contributed by atoms with E-state index in [0.29, 0.717) is 11.5 Å². The maximum absolute atomic E-state index is 15.2. The van der Waals surface area contributed by atoms with Crippen LogP contribution >= 0.6 is 0 Å². The Morgan fingerprint density at radius 3 is 2.06 bits per heavy atom. The Kier molecular flexibility index (Phi) is 7.36. The third kappa shape index (κ3) is 5.16. The summed E-state index contributed by atoms with van der Waals surface area (Å²) in [6.45, 7) is 2.24. The fourth-order valence-electron chi connectivity index (χ4n) is 6.34. The average molecular weight is 497 g/mol. The van der Waals surface area contributed by atoms with E-state index in [0.717, 1.165) is 48.8 Å². The average Bonchev–Trinajstić information content (AvgIpc) is 2.87. The van der Waals surface area contributed by atoms with Crippen LogP contribution in [0.3, 0.4) is 0 Å². The van der Waals surface area contributed by atoms with Crippen LogP contribution in [0.15, 0.2) is 54.6 Å². The number of hydrogen-bond donors (Lipinski definition) is 0. The monoisotopic (exact) mass is 496 g/mol. The molecule has 2 fully saturated rings. The van der Waals surface area contributed by atoms with Crippen molar-refractivity contribution in [2.24, 2.45) is 17.8 Å². The molecule has 0 aromatic heterocycles. The van der Waals surface area contributed by atoms with Crippen LogP contribution in [-0.4, -0.2) is 0 Å². The number of hydrogen-bond acceptors (Lipinski definition) is 1. The molecule has 4 unspecified atom stereocenters. The van der Waals surface area contributed by atoms with E-state index >= 15 is 8.78 Å². The Balaban J connectivity index is 1.34. The Labute approximate surface area is 210 Å². The van der Waals surface area contributed by atoms with Crippen LogP contribution in [0.2, 0.25) is 0 Å². The summed E-state index contributed by atoms with van der Waals surface area (Å²) in [5.74, 6) is -1.87. The van der Waals surface area contributed by atoms with Gasteiger partial charge in [0.05, 0.1) is 5.56 Å². The van der Waals surface area contributed by atoms with Crippen molar-refractivity contribution in [3.63, 3.8) is 0 Å². The largest absolute Gasteiger partial charge is 0.483 e.